The van der Waals surface area contributed by atoms with Gasteiger partial charge in [0.05, 0.1) is 5.02 Å². The van der Waals surface area contributed by atoms with E-state index in [0.29, 0.717) is 16.6 Å². The van der Waals surface area contributed by atoms with Crippen molar-refractivity contribution < 1.29 is 5.11 Å². The fraction of sp³-hybridized carbons (Fsp3) is 0.647. The largest absolute Gasteiger partial charge is 0.506 e. The van der Waals surface area contributed by atoms with Crippen molar-refractivity contribution in [2.45, 2.75) is 25.4 Å². The smallest absolute Gasteiger partial charge is 0.134 e. The number of piperidine rings is 1. The van der Waals surface area contributed by atoms with Crippen LogP contribution in [0.1, 0.15) is 18.4 Å². The number of piperazine rings is 1. The first-order chi connectivity index (χ1) is 11.0. The molecule has 23 heavy (non-hydrogen) atoms. The molecule has 3 rings (SSSR count). The highest BCUT2D eigenvalue weighted by Crippen LogP contribution is 2.33. The average molecular weight is 358 g/mol. The number of nitrogens with zero attached hydrogens (tertiary/aromatic N) is 3. The third-order valence-electron chi connectivity index (χ3n) is 5.16. The molecule has 4 nitrogen and oxygen atoms in total. The predicted molar refractivity (Wildman–Crippen MR) is 95.5 cm³/mol. The molecule has 1 aromatic carbocycles. The van der Waals surface area contributed by atoms with Crippen LogP contribution >= 0.6 is 23.2 Å². The van der Waals surface area contributed by atoms with Crippen molar-refractivity contribution in [3.63, 3.8) is 0 Å². The zero-order valence-electron chi connectivity index (χ0n) is 13.6. The lowest BCUT2D eigenvalue weighted by atomic mass is 10.0. The summed E-state index contributed by atoms with van der Waals surface area (Å²) in [6.45, 7) is 7.36. The van der Waals surface area contributed by atoms with E-state index in [1.807, 2.05) is 0 Å². The molecule has 0 atom stereocenters. The van der Waals surface area contributed by atoms with Gasteiger partial charge < -0.3 is 10.0 Å². The highest BCUT2D eigenvalue weighted by atomic mass is 35.5. The second kappa shape index (κ2) is 7.58. The standard InChI is InChI=1S/C17H25Cl2N3O/c1-20-6-4-13(5-7-20)22-10-8-21(9-11-22)12-14-15(18)2-3-16(23)17(14)19/h2-3,13,23H,4-12H2,1H3. The highest BCUT2D eigenvalue weighted by molar-refractivity contribution is 6.36. The summed E-state index contributed by atoms with van der Waals surface area (Å²) < 4.78 is 0. The maximum absolute atomic E-state index is 9.77. The fourth-order valence-electron chi connectivity index (χ4n) is 3.60. The van der Waals surface area contributed by atoms with Crippen LogP contribution in [0.15, 0.2) is 12.1 Å². The van der Waals surface area contributed by atoms with E-state index >= 15 is 0 Å². The SMILES string of the molecule is CN1CCC(N2CCN(Cc3c(Cl)ccc(O)c3Cl)CC2)CC1. The molecular formula is C17H25Cl2N3O. The van der Waals surface area contributed by atoms with Crippen LogP contribution in [-0.2, 0) is 6.54 Å². The van der Waals surface area contributed by atoms with Crippen molar-refractivity contribution in [1.82, 2.24) is 14.7 Å². The molecule has 1 aromatic rings. The Bertz CT molecular complexity index is 539. The third-order valence-corrected chi connectivity index (χ3v) is 5.93. The molecule has 0 bridgehead atoms. The molecule has 1 N–H and O–H groups in total. The fourth-order valence-corrected chi connectivity index (χ4v) is 4.09. The summed E-state index contributed by atoms with van der Waals surface area (Å²) in [4.78, 5) is 7.42. The van der Waals surface area contributed by atoms with Crippen molar-refractivity contribution in [2.75, 3.05) is 46.3 Å². The number of likely N-dealkylation sites (tertiary alicyclic amines) is 1. The van der Waals surface area contributed by atoms with Gasteiger partial charge in [-0.15, -0.1) is 0 Å². The Morgan fingerprint density at radius 1 is 1.04 bits per heavy atom. The summed E-state index contributed by atoms with van der Waals surface area (Å²) in [5.74, 6) is 0.107. The van der Waals surface area contributed by atoms with Crippen molar-refractivity contribution >= 4 is 23.2 Å². The lowest BCUT2D eigenvalue weighted by molar-refractivity contribution is 0.0618. The second-order valence-corrected chi connectivity index (χ2v) is 7.49. The average Bonchev–Trinajstić information content (AvgIpc) is 2.57. The molecule has 2 aliphatic rings. The van der Waals surface area contributed by atoms with Crippen LogP contribution in [-0.4, -0.2) is 72.2 Å². The molecule has 6 heteroatoms. The first-order valence-corrected chi connectivity index (χ1v) is 9.11. The van der Waals surface area contributed by atoms with Gasteiger partial charge in [-0.05, 0) is 45.1 Å². The summed E-state index contributed by atoms with van der Waals surface area (Å²) in [5, 5.41) is 10.8. The van der Waals surface area contributed by atoms with Crippen LogP contribution in [0.2, 0.25) is 10.0 Å². The molecule has 128 valence electrons. The maximum Gasteiger partial charge on any atom is 0.134 e. The Kier molecular flexibility index (Phi) is 5.70. The van der Waals surface area contributed by atoms with Crippen molar-refractivity contribution in [3.8, 4) is 5.75 Å². The molecule has 0 saturated carbocycles. The van der Waals surface area contributed by atoms with Gasteiger partial charge in [0.25, 0.3) is 0 Å². The van der Waals surface area contributed by atoms with E-state index in [9.17, 15) is 5.11 Å². The Morgan fingerprint density at radius 2 is 1.70 bits per heavy atom. The third kappa shape index (κ3) is 4.12. The number of hydrogen-bond donors (Lipinski definition) is 1. The van der Waals surface area contributed by atoms with Crippen LogP contribution in [0, 0.1) is 0 Å². The van der Waals surface area contributed by atoms with Gasteiger partial charge in [-0.2, -0.15) is 0 Å². The van der Waals surface area contributed by atoms with Gasteiger partial charge in [-0.25, -0.2) is 0 Å². The number of rotatable bonds is 3. The summed E-state index contributed by atoms with van der Waals surface area (Å²) in [6, 6.07) is 4.00. The van der Waals surface area contributed by atoms with E-state index in [2.05, 4.69) is 21.7 Å². The molecule has 2 heterocycles. The molecule has 0 spiro atoms. The van der Waals surface area contributed by atoms with Gasteiger partial charge in [-0.3, -0.25) is 9.80 Å². The minimum Gasteiger partial charge on any atom is -0.506 e. The molecule has 2 aliphatic heterocycles. The van der Waals surface area contributed by atoms with Crippen molar-refractivity contribution in [2.24, 2.45) is 0 Å². The van der Waals surface area contributed by atoms with Crippen LogP contribution < -0.4 is 0 Å². The molecule has 0 amide bonds. The molecule has 0 unspecified atom stereocenters. The first kappa shape index (κ1) is 17.3. The minimum absolute atomic E-state index is 0.107. The van der Waals surface area contributed by atoms with Gasteiger partial charge in [0.1, 0.15) is 5.75 Å². The van der Waals surface area contributed by atoms with Gasteiger partial charge in [0.2, 0.25) is 0 Å². The molecule has 0 aromatic heterocycles. The van der Waals surface area contributed by atoms with Gasteiger partial charge in [-0.1, -0.05) is 23.2 Å². The summed E-state index contributed by atoms with van der Waals surface area (Å²) >= 11 is 12.5. The van der Waals surface area contributed by atoms with Gasteiger partial charge >= 0.3 is 0 Å². The van der Waals surface area contributed by atoms with Crippen LogP contribution in [0.5, 0.6) is 5.75 Å². The monoisotopic (exact) mass is 357 g/mol. The van der Waals surface area contributed by atoms with Crippen molar-refractivity contribution in [3.05, 3.63) is 27.7 Å². The van der Waals surface area contributed by atoms with Gasteiger partial charge in [0, 0.05) is 49.4 Å². The number of aromatic hydroxyl groups is 1. The molecule has 2 fully saturated rings. The lowest BCUT2D eigenvalue weighted by Crippen LogP contribution is -2.52. The Hall–Kier alpha value is -0.520. The van der Waals surface area contributed by atoms with E-state index < -0.39 is 0 Å². The summed E-state index contributed by atoms with van der Waals surface area (Å²) in [6.07, 6.45) is 2.56. The van der Waals surface area contributed by atoms with Crippen molar-refractivity contribution in [1.29, 1.82) is 0 Å². The highest BCUT2D eigenvalue weighted by Gasteiger charge is 2.27. The van der Waals surface area contributed by atoms with E-state index in [1.165, 1.54) is 25.9 Å². The normalized spacial score (nSPS) is 22.6. The Balaban J connectivity index is 1.55. The number of halogens is 2. The molecule has 0 aliphatic carbocycles. The van der Waals surface area contributed by atoms with E-state index in [0.717, 1.165) is 37.8 Å². The molecule has 2 saturated heterocycles. The Morgan fingerprint density at radius 3 is 2.35 bits per heavy atom. The maximum atomic E-state index is 9.77. The van der Waals surface area contributed by atoms with E-state index in [1.54, 1.807) is 12.1 Å². The molecule has 0 radical (unpaired) electrons. The predicted octanol–water partition coefficient (Wildman–Crippen LogP) is 2.91. The van der Waals surface area contributed by atoms with Crippen LogP contribution in [0.3, 0.4) is 0 Å². The molecular weight excluding hydrogens is 333 g/mol. The van der Waals surface area contributed by atoms with Crippen LogP contribution in [0.4, 0.5) is 0 Å². The second-order valence-electron chi connectivity index (χ2n) is 6.71. The quantitative estimate of drug-likeness (QED) is 0.900. The topological polar surface area (TPSA) is 30.0 Å². The summed E-state index contributed by atoms with van der Waals surface area (Å²) in [7, 11) is 2.21. The number of phenols is 1. The van der Waals surface area contributed by atoms with E-state index in [4.69, 9.17) is 23.2 Å². The Labute approximate surface area is 148 Å². The minimum atomic E-state index is 0.107. The first-order valence-electron chi connectivity index (χ1n) is 8.35. The lowest BCUT2D eigenvalue weighted by Gasteiger charge is -2.42. The zero-order valence-corrected chi connectivity index (χ0v) is 15.2. The van der Waals surface area contributed by atoms with Gasteiger partial charge in [0.15, 0.2) is 0 Å². The number of phenolic OH excluding ortho intramolecular Hbond substituents is 1. The zero-order chi connectivity index (χ0) is 16.4. The number of hydrogen-bond acceptors (Lipinski definition) is 4. The summed E-state index contributed by atoms with van der Waals surface area (Å²) in [5.41, 5.74) is 0.834. The number of benzene rings is 1. The van der Waals surface area contributed by atoms with Crippen LogP contribution in [0.25, 0.3) is 0 Å². The van der Waals surface area contributed by atoms with E-state index in [-0.39, 0.29) is 5.75 Å².